The minimum Gasteiger partial charge on any atom is -0.379 e. The van der Waals surface area contributed by atoms with Crippen LogP contribution >= 0.6 is 0 Å². The van der Waals surface area contributed by atoms with Gasteiger partial charge in [0.1, 0.15) is 0 Å². The smallest absolute Gasteiger partial charge is 0.187 e. The standard InChI is InChI=1S/C10H9N2O.Y/c1-6-4-5-11-10-8(6)9(13)7(2)12(10)3;/h4H,2H2,1,3H3;/q-1;. The normalized spacial score (nSPS) is 14.0. The molecule has 0 unspecified atom stereocenters. The van der Waals surface area contributed by atoms with Gasteiger partial charge in [-0.2, -0.15) is 6.07 Å². The molecule has 0 aliphatic carbocycles. The molecule has 0 saturated carbocycles. The quantitative estimate of drug-likeness (QED) is 0.522. The van der Waals surface area contributed by atoms with Crippen molar-refractivity contribution >= 4 is 11.6 Å². The fraction of sp³-hybridized carbons (Fsp3) is 0.200. The van der Waals surface area contributed by atoms with Crippen LogP contribution in [0.4, 0.5) is 5.82 Å². The van der Waals surface area contributed by atoms with E-state index in [9.17, 15) is 4.79 Å². The Balaban J connectivity index is 0.000000980. The third-order valence-electron chi connectivity index (χ3n) is 2.28. The van der Waals surface area contributed by atoms with E-state index in [-0.39, 0.29) is 38.5 Å². The van der Waals surface area contributed by atoms with Crippen LogP contribution in [0.5, 0.6) is 0 Å². The number of allylic oxidation sites excluding steroid dienone is 1. The van der Waals surface area contributed by atoms with E-state index >= 15 is 0 Å². The Kier molecular flexibility index (Phi) is 3.22. The number of anilines is 1. The Labute approximate surface area is 108 Å². The monoisotopic (exact) mass is 262 g/mol. The number of hydrogen-bond acceptors (Lipinski definition) is 3. The summed E-state index contributed by atoms with van der Waals surface area (Å²) in [5, 5.41) is 0. The number of nitrogens with zero attached hydrogens (tertiary/aromatic N) is 2. The summed E-state index contributed by atoms with van der Waals surface area (Å²) in [4.78, 5) is 17.3. The molecule has 69 valence electrons. The maximum absolute atomic E-state index is 11.6. The van der Waals surface area contributed by atoms with Gasteiger partial charge in [-0.3, -0.25) is 4.79 Å². The first-order valence-electron chi connectivity index (χ1n) is 3.98. The molecule has 1 radical (unpaired) electrons. The van der Waals surface area contributed by atoms with Crippen molar-refractivity contribution in [2.24, 2.45) is 0 Å². The predicted octanol–water partition coefficient (Wildman–Crippen LogP) is 1.33. The molecule has 2 heterocycles. The van der Waals surface area contributed by atoms with E-state index in [2.05, 4.69) is 17.8 Å². The first-order chi connectivity index (χ1) is 6.13. The van der Waals surface area contributed by atoms with Crippen LogP contribution in [0, 0.1) is 13.1 Å². The zero-order valence-electron chi connectivity index (χ0n) is 8.16. The van der Waals surface area contributed by atoms with Crippen LogP contribution in [0.2, 0.25) is 0 Å². The van der Waals surface area contributed by atoms with E-state index in [0.717, 1.165) is 5.56 Å². The molecule has 1 aliphatic heterocycles. The van der Waals surface area contributed by atoms with Gasteiger partial charge in [-0.25, -0.2) is 0 Å². The van der Waals surface area contributed by atoms with E-state index in [4.69, 9.17) is 0 Å². The molecule has 0 bridgehead atoms. The molecule has 14 heavy (non-hydrogen) atoms. The number of hydrogen-bond donors (Lipinski definition) is 0. The van der Waals surface area contributed by atoms with Crippen LogP contribution in [-0.4, -0.2) is 17.8 Å². The van der Waals surface area contributed by atoms with Crippen molar-refractivity contribution < 1.29 is 37.5 Å². The zero-order valence-corrected chi connectivity index (χ0v) is 11.0. The summed E-state index contributed by atoms with van der Waals surface area (Å²) in [7, 11) is 1.78. The van der Waals surface area contributed by atoms with Gasteiger partial charge in [-0.1, -0.05) is 19.7 Å². The Morgan fingerprint density at radius 1 is 1.57 bits per heavy atom. The molecule has 2 rings (SSSR count). The number of fused-ring (bicyclic) bond motifs is 1. The molecule has 0 saturated heterocycles. The molecule has 0 atom stereocenters. The van der Waals surface area contributed by atoms with Gasteiger partial charge in [-0.15, -0.1) is 5.56 Å². The molecule has 0 aromatic carbocycles. The average Bonchev–Trinajstić information content (AvgIpc) is 2.33. The number of pyridine rings is 1. The third-order valence-corrected chi connectivity index (χ3v) is 2.28. The number of aryl methyl sites for hydroxylation is 1. The van der Waals surface area contributed by atoms with Crippen molar-refractivity contribution in [1.29, 1.82) is 0 Å². The van der Waals surface area contributed by atoms with Crippen molar-refractivity contribution in [3.8, 4) is 0 Å². The summed E-state index contributed by atoms with van der Waals surface area (Å²) in [6.45, 7) is 5.57. The number of rotatable bonds is 0. The summed E-state index contributed by atoms with van der Waals surface area (Å²) in [5.41, 5.74) is 2.04. The molecule has 0 fully saturated rings. The van der Waals surface area contributed by atoms with Gasteiger partial charge >= 0.3 is 0 Å². The zero-order chi connectivity index (χ0) is 9.59. The largest absolute Gasteiger partial charge is 0.379 e. The molecule has 1 aromatic rings. The maximum Gasteiger partial charge on any atom is 0.187 e. The van der Waals surface area contributed by atoms with Gasteiger partial charge in [0.15, 0.2) is 5.78 Å². The van der Waals surface area contributed by atoms with Gasteiger partial charge in [0.2, 0.25) is 0 Å². The van der Waals surface area contributed by atoms with Gasteiger partial charge in [0.25, 0.3) is 0 Å². The summed E-state index contributed by atoms with van der Waals surface area (Å²) in [6.07, 6.45) is 2.75. The topological polar surface area (TPSA) is 33.2 Å². The molecular formula is C10H9N2OY-. The van der Waals surface area contributed by atoms with Crippen LogP contribution in [0.25, 0.3) is 0 Å². The van der Waals surface area contributed by atoms with Crippen molar-refractivity contribution in [3.63, 3.8) is 0 Å². The van der Waals surface area contributed by atoms with Crippen LogP contribution in [0.1, 0.15) is 15.9 Å². The summed E-state index contributed by atoms with van der Waals surface area (Å²) < 4.78 is 0. The minimum atomic E-state index is -0.0310. The van der Waals surface area contributed by atoms with Gasteiger partial charge < -0.3 is 9.88 Å². The predicted molar refractivity (Wildman–Crippen MR) is 49.7 cm³/mol. The first kappa shape index (κ1) is 11.5. The number of aromatic nitrogens is 1. The SMILES string of the molecule is C=C1C(=O)c2c(C)c[c-]nc2N1C.[Y]. The van der Waals surface area contributed by atoms with E-state index in [0.29, 0.717) is 17.1 Å². The molecule has 3 nitrogen and oxygen atoms in total. The maximum atomic E-state index is 11.6. The first-order valence-corrected chi connectivity index (χ1v) is 3.98. The van der Waals surface area contributed by atoms with Crippen LogP contribution < -0.4 is 4.90 Å². The number of likely N-dealkylation sites (N-methyl/N-ethyl adjacent to an activating group) is 1. The Morgan fingerprint density at radius 3 is 2.79 bits per heavy atom. The summed E-state index contributed by atoms with van der Waals surface area (Å²) in [6, 6.07) is 1.71. The number of carbonyl (C=O) groups excluding carboxylic acids is 1. The van der Waals surface area contributed by atoms with E-state index < -0.39 is 0 Å². The average molecular weight is 262 g/mol. The summed E-state index contributed by atoms with van der Waals surface area (Å²) in [5.74, 6) is 0.631. The minimum absolute atomic E-state index is 0. The van der Waals surface area contributed by atoms with Crippen molar-refractivity contribution in [2.45, 2.75) is 6.92 Å². The van der Waals surface area contributed by atoms with Crippen molar-refractivity contribution in [1.82, 2.24) is 4.98 Å². The third kappa shape index (κ3) is 1.45. The van der Waals surface area contributed by atoms with Crippen LogP contribution in [0.3, 0.4) is 0 Å². The second-order valence-corrected chi connectivity index (χ2v) is 3.10. The molecule has 1 aliphatic rings. The second kappa shape index (κ2) is 3.91. The van der Waals surface area contributed by atoms with Crippen LogP contribution in [0.15, 0.2) is 18.3 Å². The fourth-order valence-electron chi connectivity index (χ4n) is 1.44. The summed E-state index contributed by atoms with van der Waals surface area (Å²) >= 11 is 0. The number of ketones is 1. The number of Topliss-reactive ketones (excluding diaryl/α,β-unsaturated/α-hetero) is 1. The number of carbonyl (C=O) groups is 1. The van der Waals surface area contributed by atoms with E-state index in [1.807, 2.05) is 6.92 Å². The molecule has 0 spiro atoms. The van der Waals surface area contributed by atoms with Crippen molar-refractivity contribution in [2.75, 3.05) is 11.9 Å². The van der Waals surface area contributed by atoms with Gasteiger partial charge in [0, 0.05) is 45.6 Å². The van der Waals surface area contributed by atoms with Gasteiger partial charge in [0.05, 0.1) is 5.70 Å². The Bertz CT molecular complexity index is 415. The molecular weight excluding hydrogens is 253 g/mol. The fourth-order valence-corrected chi connectivity index (χ4v) is 1.44. The molecule has 0 amide bonds. The molecule has 0 N–H and O–H groups in total. The Morgan fingerprint density at radius 2 is 2.21 bits per heavy atom. The second-order valence-electron chi connectivity index (χ2n) is 3.10. The Hall–Kier alpha value is -0.536. The van der Waals surface area contributed by atoms with E-state index in [1.165, 1.54) is 0 Å². The molecule has 4 heteroatoms. The molecule has 1 aromatic heterocycles. The van der Waals surface area contributed by atoms with Crippen LogP contribution in [-0.2, 0) is 32.7 Å². The van der Waals surface area contributed by atoms with Crippen molar-refractivity contribution in [3.05, 3.63) is 35.7 Å². The van der Waals surface area contributed by atoms with E-state index in [1.54, 1.807) is 18.0 Å². The van der Waals surface area contributed by atoms with Gasteiger partial charge in [-0.05, 0) is 5.56 Å².